The fourth-order valence-electron chi connectivity index (χ4n) is 2.48. The Morgan fingerprint density at radius 1 is 0.667 bits per heavy atom. The number of para-hydroxylation sites is 2. The van der Waals surface area contributed by atoms with Crippen LogP contribution in [0.4, 0.5) is 0 Å². The molecule has 0 aliphatic rings. The van der Waals surface area contributed by atoms with Crippen molar-refractivity contribution in [1.29, 1.82) is 0 Å². The molecule has 5 N–H and O–H groups in total. The van der Waals surface area contributed by atoms with Gasteiger partial charge in [0.1, 0.15) is 11.5 Å². The van der Waals surface area contributed by atoms with Crippen LogP contribution < -0.4 is 16.0 Å². The molecule has 7 heteroatoms. The molecule has 0 heterocycles. The van der Waals surface area contributed by atoms with Crippen LogP contribution in [-0.4, -0.2) is 48.2 Å². The van der Waals surface area contributed by atoms with Crippen molar-refractivity contribution in [3.05, 3.63) is 59.7 Å². The van der Waals surface area contributed by atoms with Gasteiger partial charge in [-0.15, -0.1) is 0 Å². The minimum absolute atomic E-state index is 0.0287. The Bertz CT molecular complexity index is 701. The van der Waals surface area contributed by atoms with Gasteiger partial charge in [-0.05, 0) is 50.2 Å². The first-order chi connectivity index (χ1) is 13.1. The first-order valence-corrected chi connectivity index (χ1v) is 8.92. The van der Waals surface area contributed by atoms with E-state index >= 15 is 0 Å². The molecule has 2 rings (SSSR count). The quantitative estimate of drug-likeness (QED) is 0.408. The number of hydrogen-bond donors (Lipinski definition) is 5. The minimum atomic E-state index is -0.292. The second kappa shape index (κ2) is 10.8. The van der Waals surface area contributed by atoms with E-state index in [1.165, 1.54) is 12.1 Å². The summed E-state index contributed by atoms with van der Waals surface area (Å²) in [4.78, 5) is 23.8. The molecule has 0 unspecified atom stereocenters. The Labute approximate surface area is 158 Å². The summed E-state index contributed by atoms with van der Waals surface area (Å²) < 4.78 is 0. The lowest BCUT2D eigenvalue weighted by atomic mass is 10.2. The van der Waals surface area contributed by atoms with Crippen LogP contribution in [0.1, 0.15) is 33.6 Å². The molecule has 0 atom stereocenters. The third-order valence-corrected chi connectivity index (χ3v) is 3.93. The number of nitrogens with one attached hydrogen (secondary N) is 3. The summed E-state index contributed by atoms with van der Waals surface area (Å²) in [6, 6.07) is 12.9. The van der Waals surface area contributed by atoms with E-state index in [4.69, 9.17) is 0 Å². The van der Waals surface area contributed by atoms with Crippen molar-refractivity contribution in [1.82, 2.24) is 16.0 Å². The zero-order chi connectivity index (χ0) is 19.5. The van der Waals surface area contributed by atoms with E-state index in [1.54, 1.807) is 36.4 Å². The highest BCUT2D eigenvalue weighted by Crippen LogP contribution is 2.15. The van der Waals surface area contributed by atoms with Crippen molar-refractivity contribution < 1.29 is 19.8 Å². The van der Waals surface area contributed by atoms with Gasteiger partial charge in [-0.2, -0.15) is 0 Å². The number of benzene rings is 2. The number of hydrogen-bond acceptors (Lipinski definition) is 5. The number of carbonyl (C=O) groups excluding carboxylic acids is 2. The predicted octanol–water partition coefficient (Wildman–Crippen LogP) is 1.63. The maximum Gasteiger partial charge on any atom is 0.255 e. The highest BCUT2D eigenvalue weighted by Gasteiger charge is 2.09. The molecule has 144 valence electrons. The van der Waals surface area contributed by atoms with Crippen LogP contribution >= 0.6 is 0 Å². The van der Waals surface area contributed by atoms with Gasteiger partial charge in [-0.3, -0.25) is 9.59 Å². The summed E-state index contributed by atoms with van der Waals surface area (Å²) in [6.07, 6.45) is 1.51. The van der Waals surface area contributed by atoms with Gasteiger partial charge >= 0.3 is 0 Å². The maximum absolute atomic E-state index is 11.9. The molecule has 2 aromatic carbocycles. The lowest BCUT2D eigenvalue weighted by Gasteiger charge is -2.09. The van der Waals surface area contributed by atoms with E-state index in [9.17, 15) is 19.8 Å². The first kappa shape index (κ1) is 20.3. The zero-order valence-corrected chi connectivity index (χ0v) is 15.1. The second-order valence-electron chi connectivity index (χ2n) is 6.00. The Kier molecular flexibility index (Phi) is 8.12. The van der Waals surface area contributed by atoms with Crippen molar-refractivity contribution in [2.45, 2.75) is 12.8 Å². The number of phenolic OH excluding ortho intramolecular Hbond substituents is 2. The second-order valence-corrected chi connectivity index (χ2v) is 6.00. The molecule has 0 spiro atoms. The molecule has 0 aliphatic heterocycles. The van der Waals surface area contributed by atoms with Crippen LogP contribution in [0.3, 0.4) is 0 Å². The molecular weight excluding hydrogens is 346 g/mol. The molecular formula is C20H25N3O4. The molecule has 0 bridgehead atoms. The molecule has 2 aromatic rings. The largest absolute Gasteiger partial charge is 0.507 e. The summed E-state index contributed by atoms with van der Waals surface area (Å²) in [6.45, 7) is 2.47. The van der Waals surface area contributed by atoms with Crippen LogP contribution in [-0.2, 0) is 0 Å². The predicted molar refractivity (Wildman–Crippen MR) is 103 cm³/mol. The SMILES string of the molecule is O=C(NCCCNCCCNC(=O)c1ccccc1O)c1ccccc1O. The third-order valence-electron chi connectivity index (χ3n) is 3.93. The average molecular weight is 371 g/mol. The van der Waals surface area contributed by atoms with Gasteiger partial charge in [0.05, 0.1) is 11.1 Å². The summed E-state index contributed by atoms with van der Waals surface area (Å²) in [5.74, 6) is -0.641. The van der Waals surface area contributed by atoms with Gasteiger partial charge in [0, 0.05) is 13.1 Å². The number of phenols is 2. The number of aromatic hydroxyl groups is 2. The fraction of sp³-hybridized carbons (Fsp3) is 0.300. The van der Waals surface area contributed by atoms with Crippen LogP contribution in [0.25, 0.3) is 0 Å². The molecule has 27 heavy (non-hydrogen) atoms. The van der Waals surface area contributed by atoms with Gasteiger partial charge < -0.3 is 26.2 Å². The smallest absolute Gasteiger partial charge is 0.255 e. The molecule has 0 aliphatic carbocycles. The van der Waals surface area contributed by atoms with E-state index in [-0.39, 0.29) is 34.4 Å². The van der Waals surface area contributed by atoms with E-state index < -0.39 is 0 Å². The lowest BCUT2D eigenvalue weighted by Crippen LogP contribution is -2.29. The van der Waals surface area contributed by atoms with Gasteiger partial charge in [0.25, 0.3) is 11.8 Å². The summed E-state index contributed by atoms with van der Waals surface area (Å²) in [5.41, 5.74) is 0.538. The Hall–Kier alpha value is -3.06. The van der Waals surface area contributed by atoms with Crippen molar-refractivity contribution in [2.24, 2.45) is 0 Å². The highest BCUT2D eigenvalue weighted by molar-refractivity contribution is 5.97. The minimum Gasteiger partial charge on any atom is -0.507 e. The average Bonchev–Trinajstić information content (AvgIpc) is 2.67. The summed E-state index contributed by atoms with van der Waals surface area (Å²) in [7, 11) is 0. The van der Waals surface area contributed by atoms with Crippen molar-refractivity contribution in [3.63, 3.8) is 0 Å². The third kappa shape index (κ3) is 6.63. The van der Waals surface area contributed by atoms with Crippen LogP contribution in [0.15, 0.2) is 48.5 Å². The van der Waals surface area contributed by atoms with Gasteiger partial charge in [0.2, 0.25) is 0 Å². The van der Waals surface area contributed by atoms with Gasteiger partial charge in [-0.25, -0.2) is 0 Å². The maximum atomic E-state index is 11.9. The standard InChI is InChI=1S/C20H25N3O4/c24-17-9-3-1-7-15(17)19(26)22-13-5-11-21-12-6-14-23-20(27)16-8-2-4-10-18(16)25/h1-4,7-10,21,24-25H,5-6,11-14H2,(H,22,26)(H,23,27). The number of amides is 2. The monoisotopic (exact) mass is 371 g/mol. The van der Waals surface area contributed by atoms with E-state index in [0.717, 1.165) is 25.9 Å². The molecule has 0 saturated carbocycles. The molecule has 0 radical (unpaired) electrons. The van der Waals surface area contributed by atoms with Crippen molar-refractivity contribution >= 4 is 11.8 Å². The van der Waals surface area contributed by atoms with E-state index in [0.29, 0.717) is 13.1 Å². The van der Waals surface area contributed by atoms with Crippen LogP contribution in [0.2, 0.25) is 0 Å². The number of rotatable bonds is 10. The summed E-state index contributed by atoms with van der Waals surface area (Å²) >= 11 is 0. The highest BCUT2D eigenvalue weighted by atomic mass is 16.3. The molecule has 0 aromatic heterocycles. The van der Waals surface area contributed by atoms with Crippen LogP contribution in [0, 0.1) is 0 Å². The molecule has 2 amide bonds. The van der Waals surface area contributed by atoms with Crippen LogP contribution in [0.5, 0.6) is 11.5 Å². The topological polar surface area (TPSA) is 111 Å². The Morgan fingerprint density at radius 2 is 1.07 bits per heavy atom. The van der Waals surface area contributed by atoms with E-state index in [2.05, 4.69) is 16.0 Å². The molecule has 0 saturated heterocycles. The van der Waals surface area contributed by atoms with Crippen molar-refractivity contribution in [3.8, 4) is 11.5 Å². The normalized spacial score (nSPS) is 10.4. The number of carbonyl (C=O) groups is 2. The first-order valence-electron chi connectivity index (χ1n) is 8.92. The zero-order valence-electron chi connectivity index (χ0n) is 15.1. The Balaban J connectivity index is 1.50. The molecule has 0 fully saturated rings. The Morgan fingerprint density at radius 3 is 1.48 bits per heavy atom. The van der Waals surface area contributed by atoms with Crippen molar-refractivity contribution in [2.75, 3.05) is 26.2 Å². The lowest BCUT2D eigenvalue weighted by molar-refractivity contribution is 0.0942. The summed E-state index contributed by atoms with van der Waals surface area (Å²) in [5, 5.41) is 28.0. The van der Waals surface area contributed by atoms with E-state index in [1.807, 2.05) is 0 Å². The fourth-order valence-corrected chi connectivity index (χ4v) is 2.48. The van der Waals surface area contributed by atoms with Gasteiger partial charge in [0.15, 0.2) is 0 Å². The molecule has 7 nitrogen and oxygen atoms in total. The van der Waals surface area contributed by atoms with Gasteiger partial charge in [-0.1, -0.05) is 24.3 Å².